The van der Waals surface area contributed by atoms with E-state index >= 15 is 0 Å². The van der Waals surface area contributed by atoms with Gasteiger partial charge in [-0.2, -0.15) is 0 Å². The Morgan fingerprint density at radius 2 is 2.39 bits per heavy atom. The van der Waals surface area contributed by atoms with E-state index in [0.717, 1.165) is 30.7 Å². The fourth-order valence-corrected chi connectivity index (χ4v) is 2.32. The van der Waals surface area contributed by atoms with Crippen LogP contribution in [0, 0.1) is 12.8 Å². The minimum Gasteiger partial charge on any atom is -0.480 e. The van der Waals surface area contributed by atoms with Crippen molar-refractivity contribution >= 4 is 11.7 Å². The molecule has 1 saturated heterocycles. The van der Waals surface area contributed by atoms with Gasteiger partial charge < -0.3 is 15.2 Å². The summed E-state index contributed by atoms with van der Waals surface area (Å²) in [5, 5.41) is 12.4. The maximum absolute atomic E-state index is 11.4. The van der Waals surface area contributed by atoms with Gasteiger partial charge in [-0.3, -0.25) is 0 Å². The van der Waals surface area contributed by atoms with Gasteiger partial charge in [-0.25, -0.2) is 4.79 Å². The molecule has 0 aliphatic carbocycles. The summed E-state index contributed by atoms with van der Waals surface area (Å²) >= 11 is 0. The van der Waals surface area contributed by atoms with E-state index in [9.17, 15) is 9.90 Å². The van der Waals surface area contributed by atoms with Gasteiger partial charge in [0.05, 0.1) is 6.61 Å². The largest absolute Gasteiger partial charge is 0.480 e. The van der Waals surface area contributed by atoms with E-state index < -0.39 is 12.0 Å². The third kappa shape index (κ3) is 3.23. The van der Waals surface area contributed by atoms with E-state index in [-0.39, 0.29) is 5.92 Å². The summed E-state index contributed by atoms with van der Waals surface area (Å²) in [6.07, 6.45) is 1.83. The lowest BCUT2D eigenvalue weighted by Crippen LogP contribution is -2.41. The van der Waals surface area contributed by atoms with E-state index in [4.69, 9.17) is 4.74 Å². The van der Waals surface area contributed by atoms with Crippen LogP contribution in [-0.4, -0.2) is 30.3 Å². The molecular weight excluding hydrogens is 230 g/mol. The predicted octanol–water partition coefficient (Wildman–Crippen LogP) is 2.29. The highest BCUT2D eigenvalue weighted by molar-refractivity contribution is 5.77. The smallest absolute Gasteiger partial charge is 0.326 e. The molecule has 1 aromatic rings. The Hall–Kier alpha value is -1.55. The zero-order chi connectivity index (χ0) is 13.0. The van der Waals surface area contributed by atoms with Crippen molar-refractivity contribution < 1.29 is 14.6 Å². The maximum Gasteiger partial charge on any atom is 0.326 e. The number of anilines is 1. The van der Waals surface area contributed by atoms with Crippen LogP contribution in [0.3, 0.4) is 0 Å². The van der Waals surface area contributed by atoms with Gasteiger partial charge in [-0.1, -0.05) is 12.1 Å². The van der Waals surface area contributed by atoms with Crippen LogP contribution >= 0.6 is 0 Å². The maximum atomic E-state index is 11.4. The number of carboxylic acid groups (broad SMARTS) is 1. The third-order valence-electron chi connectivity index (χ3n) is 3.27. The van der Waals surface area contributed by atoms with Gasteiger partial charge in [-0.05, 0) is 37.5 Å². The quantitative estimate of drug-likeness (QED) is 0.859. The molecule has 1 fully saturated rings. The molecular formula is C14H19NO3. The SMILES string of the molecule is Cc1cccc(NC(C(=O)O)C2CCCOC2)c1. The first kappa shape index (κ1) is 12.9. The molecule has 0 spiro atoms. The number of carbonyl (C=O) groups is 1. The Labute approximate surface area is 107 Å². The average molecular weight is 249 g/mol. The lowest BCUT2D eigenvalue weighted by Gasteiger charge is -2.28. The minimum atomic E-state index is -0.813. The van der Waals surface area contributed by atoms with Crippen LogP contribution in [0.15, 0.2) is 24.3 Å². The molecule has 1 aliphatic rings. The standard InChI is InChI=1S/C14H19NO3/c1-10-4-2-6-12(8-10)15-13(14(16)17)11-5-3-7-18-9-11/h2,4,6,8,11,13,15H,3,5,7,9H2,1H3,(H,16,17). The number of rotatable bonds is 4. The monoisotopic (exact) mass is 249 g/mol. The summed E-state index contributed by atoms with van der Waals surface area (Å²) in [5.41, 5.74) is 1.97. The molecule has 98 valence electrons. The van der Waals surface area contributed by atoms with Crippen molar-refractivity contribution in [2.45, 2.75) is 25.8 Å². The van der Waals surface area contributed by atoms with Crippen LogP contribution in [0.25, 0.3) is 0 Å². The van der Waals surface area contributed by atoms with Gasteiger partial charge in [0.25, 0.3) is 0 Å². The zero-order valence-corrected chi connectivity index (χ0v) is 10.6. The molecule has 1 aromatic carbocycles. The summed E-state index contributed by atoms with van der Waals surface area (Å²) in [6, 6.07) is 7.19. The molecule has 0 saturated carbocycles. The first-order valence-electron chi connectivity index (χ1n) is 6.30. The highest BCUT2D eigenvalue weighted by Gasteiger charge is 2.29. The Morgan fingerprint density at radius 3 is 3.00 bits per heavy atom. The van der Waals surface area contributed by atoms with Crippen molar-refractivity contribution in [1.29, 1.82) is 0 Å². The van der Waals surface area contributed by atoms with Gasteiger partial charge in [-0.15, -0.1) is 0 Å². The van der Waals surface area contributed by atoms with E-state index in [1.807, 2.05) is 31.2 Å². The highest BCUT2D eigenvalue weighted by Crippen LogP contribution is 2.21. The second kappa shape index (κ2) is 5.87. The van der Waals surface area contributed by atoms with E-state index in [0.29, 0.717) is 6.61 Å². The number of benzene rings is 1. The summed E-state index contributed by atoms with van der Waals surface area (Å²) in [5.74, 6) is -0.774. The molecule has 0 amide bonds. The van der Waals surface area contributed by atoms with Gasteiger partial charge in [0.1, 0.15) is 6.04 Å². The van der Waals surface area contributed by atoms with Crippen LogP contribution in [-0.2, 0) is 9.53 Å². The lowest BCUT2D eigenvalue weighted by molar-refractivity contribution is -0.140. The number of aryl methyl sites for hydroxylation is 1. The Balaban J connectivity index is 2.08. The molecule has 4 heteroatoms. The number of aliphatic carboxylic acids is 1. The zero-order valence-electron chi connectivity index (χ0n) is 10.6. The van der Waals surface area contributed by atoms with Gasteiger partial charge in [0.15, 0.2) is 0 Å². The first-order chi connectivity index (χ1) is 8.66. The highest BCUT2D eigenvalue weighted by atomic mass is 16.5. The van der Waals surface area contributed by atoms with Crippen LogP contribution in [0.1, 0.15) is 18.4 Å². The molecule has 1 heterocycles. The molecule has 2 N–H and O–H groups in total. The van der Waals surface area contributed by atoms with Crippen LogP contribution in [0.5, 0.6) is 0 Å². The number of nitrogens with one attached hydrogen (secondary N) is 1. The molecule has 0 bridgehead atoms. The molecule has 18 heavy (non-hydrogen) atoms. The summed E-state index contributed by atoms with van der Waals surface area (Å²) in [4.78, 5) is 11.4. The van der Waals surface area contributed by atoms with Crippen molar-refractivity contribution in [2.75, 3.05) is 18.5 Å². The van der Waals surface area contributed by atoms with Crippen molar-refractivity contribution in [3.05, 3.63) is 29.8 Å². The molecule has 0 radical (unpaired) electrons. The van der Waals surface area contributed by atoms with Crippen molar-refractivity contribution in [1.82, 2.24) is 0 Å². The van der Waals surface area contributed by atoms with E-state index in [1.165, 1.54) is 0 Å². The van der Waals surface area contributed by atoms with E-state index in [1.54, 1.807) is 0 Å². The predicted molar refractivity (Wildman–Crippen MR) is 69.8 cm³/mol. The Bertz CT molecular complexity index is 413. The van der Waals surface area contributed by atoms with Gasteiger partial charge in [0.2, 0.25) is 0 Å². The van der Waals surface area contributed by atoms with E-state index in [2.05, 4.69) is 5.32 Å². The number of carboxylic acids is 1. The molecule has 0 aromatic heterocycles. The summed E-state index contributed by atoms with van der Waals surface area (Å²) in [6.45, 7) is 3.26. The summed E-state index contributed by atoms with van der Waals surface area (Å²) in [7, 11) is 0. The molecule has 2 atom stereocenters. The first-order valence-corrected chi connectivity index (χ1v) is 6.30. The lowest BCUT2D eigenvalue weighted by atomic mass is 9.93. The van der Waals surface area contributed by atoms with Gasteiger partial charge in [0, 0.05) is 18.2 Å². The van der Waals surface area contributed by atoms with Crippen molar-refractivity contribution in [3.63, 3.8) is 0 Å². The topological polar surface area (TPSA) is 58.6 Å². The Kier molecular flexibility index (Phi) is 4.20. The van der Waals surface area contributed by atoms with Crippen molar-refractivity contribution in [3.8, 4) is 0 Å². The second-order valence-electron chi connectivity index (χ2n) is 4.81. The fourth-order valence-electron chi connectivity index (χ4n) is 2.32. The third-order valence-corrected chi connectivity index (χ3v) is 3.27. The fraction of sp³-hybridized carbons (Fsp3) is 0.500. The molecule has 2 unspecified atom stereocenters. The van der Waals surface area contributed by atoms with Crippen LogP contribution in [0.4, 0.5) is 5.69 Å². The normalized spacial score (nSPS) is 21.3. The molecule has 2 rings (SSSR count). The number of hydrogen-bond acceptors (Lipinski definition) is 3. The van der Waals surface area contributed by atoms with Crippen LogP contribution < -0.4 is 5.32 Å². The average Bonchev–Trinajstić information content (AvgIpc) is 2.37. The molecule has 4 nitrogen and oxygen atoms in total. The van der Waals surface area contributed by atoms with Gasteiger partial charge >= 0.3 is 5.97 Å². The Morgan fingerprint density at radius 1 is 1.56 bits per heavy atom. The minimum absolute atomic E-state index is 0.0387. The van der Waals surface area contributed by atoms with Crippen LogP contribution in [0.2, 0.25) is 0 Å². The molecule has 1 aliphatic heterocycles. The number of hydrogen-bond donors (Lipinski definition) is 2. The summed E-state index contributed by atoms with van der Waals surface area (Å²) < 4.78 is 5.37. The number of ether oxygens (including phenoxy) is 1. The van der Waals surface area contributed by atoms with Crippen molar-refractivity contribution in [2.24, 2.45) is 5.92 Å². The second-order valence-corrected chi connectivity index (χ2v) is 4.81.